The number of nitrogen functional groups attached to an aromatic ring is 1. The Labute approximate surface area is 253 Å². The molecule has 0 aliphatic carbocycles. The van der Waals surface area contributed by atoms with E-state index in [1.165, 1.54) is 26.0 Å². The first kappa shape index (κ1) is 38.8. The number of aliphatic hydroxyl groups excluding tert-OH is 1. The molecule has 4 rings (SSSR count). The number of guanidine groups is 1. The maximum Gasteiger partial charge on any atom is 0.296 e. The number of rotatable bonds is 6. The van der Waals surface area contributed by atoms with Gasteiger partial charge in [-0.15, -0.1) is 9.81 Å². The van der Waals surface area contributed by atoms with Crippen LogP contribution >= 0.6 is 0 Å². The minimum Gasteiger partial charge on any atom is -0.372 e. The van der Waals surface area contributed by atoms with Crippen molar-refractivity contribution in [2.45, 2.75) is 59.2 Å². The van der Waals surface area contributed by atoms with Gasteiger partial charge in [0.25, 0.3) is 12.6 Å². The van der Waals surface area contributed by atoms with Gasteiger partial charge in [0.05, 0.1) is 23.2 Å². The number of aromatic nitrogens is 6. The van der Waals surface area contributed by atoms with Gasteiger partial charge in [0.2, 0.25) is 11.3 Å². The van der Waals surface area contributed by atoms with Crippen LogP contribution in [0.3, 0.4) is 0 Å². The number of hydrogen-bond acceptors (Lipinski definition) is 15. The predicted octanol–water partition coefficient (Wildman–Crippen LogP) is 1.77. The second kappa shape index (κ2) is 19.1. The monoisotopic (exact) mass is 623 g/mol. The summed E-state index contributed by atoms with van der Waals surface area (Å²) in [6.45, 7) is 9.59. The van der Waals surface area contributed by atoms with Crippen LogP contribution < -0.4 is 22.3 Å². The van der Waals surface area contributed by atoms with E-state index in [4.69, 9.17) is 26.7 Å². The summed E-state index contributed by atoms with van der Waals surface area (Å²) in [5.41, 5.74) is 12.4. The molecule has 0 saturated heterocycles. The number of ether oxygens (including phenoxy) is 1. The summed E-state index contributed by atoms with van der Waals surface area (Å²) in [6.07, 6.45) is 2.18. The third-order valence-electron chi connectivity index (χ3n) is 5.18. The Bertz CT molecular complexity index is 1440. The maximum absolute atomic E-state index is 11.4. The van der Waals surface area contributed by atoms with Crippen LogP contribution in [0.25, 0.3) is 16.1 Å². The summed E-state index contributed by atoms with van der Waals surface area (Å²) in [5.74, 6) is 1.34. The van der Waals surface area contributed by atoms with Crippen molar-refractivity contribution in [1.82, 2.24) is 39.1 Å². The summed E-state index contributed by atoms with van der Waals surface area (Å²) in [7, 11) is 7.45. The van der Waals surface area contributed by atoms with Crippen LogP contribution in [0.5, 0.6) is 0 Å². The van der Waals surface area contributed by atoms with E-state index < -0.39 is 12.5 Å². The predicted molar refractivity (Wildman–Crippen MR) is 166 cm³/mol. The van der Waals surface area contributed by atoms with E-state index in [0.29, 0.717) is 23.2 Å². The van der Waals surface area contributed by atoms with Crippen molar-refractivity contribution >= 4 is 28.9 Å². The molecule has 1 aliphatic heterocycles. The van der Waals surface area contributed by atoms with Crippen molar-refractivity contribution in [3.63, 3.8) is 0 Å². The number of diazo groups is 1. The van der Waals surface area contributed by atoms with Crippen molar-refractivity contribution in [1.29, 1.82) is 5.39 Å². The molecule has 0 bridgehead atoms. The number of nitrogens with zero attached hydrogens (tertiary/aromatic N) is 12. The highest BCUT2D eigenvalue weighted by Gasteiger charge is 2.25. The van der Waals surface area contributed by atoms with Crippen molar-refractivity contribution < 1.29 is 9.84 Å². The number of fused-ring (bicyclic) bond motifs is 2. The molecule has 3 aromatic rings. The number of H-pyrrole nitrogens is 1. The Hall–Kier alpha value is -5.23. The van der Waals surface area contributed by atoms with Crippen molar-refractivity contribution in [2.24, 2.45) is 21.3 Å². The number of aliphatic imine (C=N–C) groups is 1. The highest BCUT2D eigenvalue weighted by atomic mass is 16.5. The molecule has 0 radical (unpaired) electrons. The summed E-state index contributed by atoms with van der Waals surface area (Å²) in [6, 6.07) is 0.519. The Morgan fingerprint density at radius 3 is 2.00 bits per heavy atom. The summed E-state index contributed by atoms with van der Waals surface area (Å²) in [4.78, 5) is 51.3. The van der Waals surface area contributed by atoms with E-state index in [0.717, 1.165) is 16.5 Å². The molecule has 2 atom stereocenters. The smallest absolute Gasteiger partial charge is 0.296 e. The minimum atomic E-state index is -0.780. The molecule has 21 nitrogen and oxygen atoms in total. The number of nitroso groups, excluding NO2 is 2. The van der Waals surface area contributed by atoms with Gasteiger partial charge in [-0.3, -0.25) is 14.8 Å². The van der Waals surface area contributed by atoms with E-state index in [1.54, 1.807) is 38.4 Å². The molecule has 3 aromatic heterocycles. The van der Waals surface area contributed by atoms with Crippen molar-refractivity contribution in [3.05, 3.63) is 43.5 Å². The van der Waals surface area contributed by atoms with Crippen LogP contribution in [-0.4, -0.2) is 91.7 Å². The van der Waals surface area contributed by atoms with E-state index in [2.05, 4.69) is 59.6 Å². The summed E-state index contributed by atoms with van der Waals surface area (Å²) in [5, 5.41) is 25.7. The fourth-order valence-electron chi connectivity index (χ4n) is 2.97. The second-order valence-corrected chi connectivity index (χ2v) is 9.49. The zero-order valence-electron chi connectivity index (χ0n) is 26.6. The molecule has 7 N–H and O–H groups in total. The minimum absolute atomic E-state index is 0.116. The number of nitrogens with two attached hydrogens (primary N) is 2. The van der Waals surface area contributed by atoms with Crippen LogP contribution in [0, 0.1) is 15.2 Å². The number of hydrogen-bond donors (Lipinski definition) is 5. The number of nitrogens with one attached hydrogen (secondary N) is 2. The largest absolute Gasteiger partial charge is 0.372 e. The van der Waals surface area contributed by atoms with Gasteiger partial charge in [0.15, 0.2) is 23.4 Å². The highest BCUT2D eigenvalue weighted by molar-refractivity contribution is 5.93. The lowest BCUT2D eigenvalue weighted by molar-refractivity contribution is 0.0391. The molecular weight excluding hydrogens is 580 g/mol. The average molecular weight is 624 g/mol. The van der Waals surface area contributed by atoms with Crippen molar-refractivity contribution in [2.75, 3.05) is 46.4 Å². The first-order valence-electron chi connectivity index (χ1n) is 13.0. The fourth-order valence-corrected chi connectivity index (χ4v) is 2.97. The molecule has 2 unspecified atom stereocenters. The Morgan fingerprint density at radius 2 is 1.59 bits per heavy atom. The second-order valence-electron chi connectivity index (χ2n) is 9.49. The standard InChI is InChI=1S/C9H15N5O.C8H11N5O.C3H8N2O2.C2H6N2O.CH3N2/c1-5(2)14-4-11-6-7(14)12-9(10)13-8(6)15-3;1-4(2)13-3-10-5-6(13)11-8(9)12-7(5)14;1-3(6)5(2)4-7;1-4(2)3-5;1-3-2/h4-5,8H,1-3H3,(H3,10,12,13);3-4H,1-2H3,(H3,9,11,12,14);3,6H,1-2H3;1-2H3;1H3/q;;;;+1. The first-order valence-corrected chi connectivity index (χ1v) is 13.0. The lowest BCUT2D eigenvalue weighted by Crippen LogP contribution is -2.29. The maximum atomic E-state index is 11.4. The lowest BCUT2D eigenvalue weighted by atomic mass is 10.3. The van der Waals surface area contributed by atoms with Gasteiger partial charge < -0.3 is 35.8 Å². The molecule has 0 aromatic carbocycles. The molecule has 244 valence electrons. The normalized spacial score (nSPS) is 13.4. The Kier molecular flexibility index (Phi) is 16.8. The Morgan fingerprint density at radius 1 is 1.07 bits per heavy atom. The lowest BCUT2D eigenvalue weighted by Gasteiger charge is -2.21. The molecule has 1 aliphatic rings. The van der Waals surface area contributed by atoms with E-state index >= 15 is 0 Å². The zero-order chi connectivity index (χ0) is 34.1. The quantitative estimate of drug-likeness (QED) is 0.113. The van der Waals surface area contributed by atoms with Gasteiger partial charge >= 0.3 is 0 Å². The number of anilines is 2. The third kappa shape index (κ3) is 11.9. The van der Waals surface area contributed by atoms with Crippen LogP contribution in [0.1, 0.15) is 58.6 Å². The zero-order valence-corrected chi connectivity index (χ0v) is 26.6. The summed E-state index contributed by atoms with van der Waals surface area (Å²) >= 11 is 0. The number of imidazole rings is 2. The molecule has 0 fully saturated rings. The molecule has 21 heteroatoms. The van der Waals surface area contributed by atoms with Crippen LogP contribution in [0.4, 0.5) is 11.8 Å². The summed E-state index contributed by atoms with van der Waals surface area (Å²) < 4.78 is 9.01. The third-order valence-corrected chi connectivity index (χ3v) is 5.18. The van der Waals surface area contributed by atoms with E-state index in [1.807, 2.05) is 18.4 Å². The molecule has 0 spiro atoms. The van der Waals surface area contributed by atoms with E-state index in [-0.39, 0.29) is 17.5 Å². The number of aromatic amines is 1. The van der Waals surface area contributed by atoms with Gasteiger partial charge in [0.1, 0.15) is 22.7 Å². The molecule has 44 heavy (non-hydrogen) atoms. The van der Waals surface area contributed by atoms with Crippen LogP contribution in [-0.2, 0) is 4.74 Å². The highest BCUT2D eigenvalue weighted by Crippen LogP contribution is 2.30. The van der Waals surface area contributed by atoms with Gasteiger partial charge in [-0.2, -0.15) is 4.98 Å². The van der Waals surface area contributed by atoms with Crippen LogP contribution in [0.2, 0.25) is 0 Å². The SMILES string of the molecule is CC(C)n1cnc2c(=O)[nH]c(N)nc21.CC(O)N(C)N=O.CN(C)N=O.COC1N=C(N)Nc2c1ncn2C(C)C.C[N+]#N. The first-order chi connectivity index (χ1) is 20.6. The molecular formula is C23H43N16O5+. The van der Waals surface area contributed by atoms with Crippen LogP contribution in [0.15, 0.2) is 33.0 Å². The number of methoxy groups -OCH3 is 1. The molecule has 0 saturated carbocycles. The Balaban J connectivity index is 0.000000587. The van der Waals surface area contributed by atoms with Gasteiger partial charge in [-0.05, 0) is 34.6 Å². The van der Waals surface area contributed by atoms with Gasteiger partial charge in [0, 0.05) is 40.3 Å². The topological polar surface area (TPSA) is 281 Å². The molecule has 0 amide bonds. The van der Waals surface area contributed by atoms with Gasteiger partial charge in [-0.1, -0.05) is 0 Å². The van der Waals surface area contributed by atoms with E-state index in [9.17, 15) is 14.6 Å². The molecule has 4 heterocycles. The number of aliphatic hydroxyl groups is 1. The average Bonchev–Trinajstić information content (AvgIpc) is 3.58. The van der Waals surface area contributed by atoms with Gasteiger partial charge in [-0.25, -0.2) is 20.0 Å². The fraction of sp³-hybridized carbons (Fsp3) is 0.609. The van der Waals surface area contributed by atoms with Crippen molar-refractivity contribution in [3.8, 4) is 0 Å².